The van der Waals surface area contributed by atoms with Crippen molar-refractivity contribution in [1.29, 1.82) is 0 Å². The van der Waals surface area contributed by atoms with Gasteiger partial charge in [-0.25, -0.2) is 9.59 Å². The fraction of sp³-hybridized carbons (Fsp3) is 0.590. The minimum absolute atomic E-state index is 0.0300. The normalized spacial score (nSPS) is 19.3. The number of nitrogens with zero attached hydrogens (tertiary/aromatic N) is 4. The molecular weight excluding hydrogens is 797 g/mol. The summed E-state index contributed by atoms with van der Waals surface area (Å²) in [6.07, 6.45) is 2.34. The van der Waals surface area contributed by atoms with Crippen molar-refractivity contribution < 1.29 is 47.0 Å². The molecule has 3 saturated heterocycles. The lowest BCUT2D eigenvalue weighted by molar-refractivity contribution is 0.00624. The fourth-order valence-corrected chi connectivity index (χ4v) is 6.09. The number of fused-ring (bicyclic) bond motifs is 2. The van der Waals surface area contributed by atoms with E-state index in [1.165, 1.54) is 9.36 Å². The van der Waals surface area contributed by atoms with Crippen molar-refractivity contribution in [2.75, 3.05) is 39.6 Å². The van der Waals surface area contributed by atoms with Crippen LogP contribution in [-0.2, 0) is 37.4 Å². The van der Waals surface area contributed by atoms with Crippen molar-refractivity contribution in [1.82, 2.24) is 19.6 Å². The molecule has 18 heteroatoms. The molecule has 4 aromatic rings. The smallest absolute Gasteiger partial charge is 0.442 e. The predicted octanol–water partition coefficient (Wildman–Crippen LogP) is 7.36. The van der Waals surface area contributed by atoms with Gasteiger partial charge in [-0.1, -0.05) is 69.6 Å². The van der Waals surface area contributed by atoms with E-state index < -0.39 is 23.4 Å². The van der Waals surface area contributed by atoms with E-state index in [0.29, 0.717) is 45.2 Å². The highest BCUT2D eigenvalue weighted by Gasteiger charge is 2.47. The van der Waals surface area contributed by atoms with Gasteiger partial charge in [-0.15, -0.1) is 0 Å². The summed E-state index contributed by atoms with van der Waals surface area (Å²) in [7, 11) is -1.12. The monoisotopic (exact) mass is 852 g/mol. The van der Waals surface area contributed by atoms with Crippen molar-refractivity contribution in [2.45, 2.75) is 94.3 Å². The van der Waals surface area contributed by atoms with Crippen LogP contribution in [0, 0.1) is 16.2 Å². The van der Waals surface area contributed by atoms with Crippen LogP contribution in [0.2, 0.25) is 0 Å². The van der Waals surface area contributed by atoms with Crippen LogP contribution in [0.3, 0.4) is 0 Å². The van der Waals surface area contributed by atoms with E-state index in [2.05, 4.69) is 67.7 Å². The summed E-state index contributed by atoms with van der Waals surface area (Å²) in [5.41, 5.74) is 1.47. The lowest BCUT2D eigenvalue weighted by Crippen LogP contribution is -2.56. The van der Waals surface area contributed by atoms with E-state index in [4.69, 9.17) is 37.4 Å². The zero-order chi connectivity index (χ0) is 42.0. The van der Waals surface area contributed by atoms with Gasteiger partial charge in [0, 0.05) is 71.1 Å². The van der Waals surface area contributed by atoms with Gasteiger partial charge in [0.25, 0.3) is 0 Å². The molecule has 3 aliphatic heterocycles. The van der Waals surface area contributed by atoms with E-state index in [0.717, 1.165) is 26.2 Å². The maximum absolute atomic E-state index is 12.2. The number of halogens is 1. The summed E-state index contributed by atoms with van der Waals surface area (Å²) < 4.78 is 48.3. The Kier molecular flexibility index (Phi) is 13.8. The molecule has 2 aromatic heterocycles. The summed E-state index contributed by atoms with van der Waals surface area (Å²) in [5, 5.41) is 9.93. The van der Waals surface area contributed by atoms with Gasteiger partial charge in [-0.3, -0.25) is 0 Å². The zero-order valence-corrected chi connectivity index (χ0v) is 36.9. The number of hydrogen-bond donors (Lipinski definition) is 0. The second kappa shape index (κ2) is 17.5. The molecule has 308 valence electrons. The number of carbonyl (C=O) groups is 2. The summed E-state index contributed by atoms with van der Waals surface area (Å²) in [4.78, 5) is 24.1. The molecule has 57 heavy (non-hydrogen) atoms. The van der Waals surface area contributed by atoms with Crippen LogP contribution in [0.15, 0.2) is 53.3 Å². The number of benzene rings is 2. The van der Waals surface area contributed by atoms with E-state index in [9.17, 15) is 9.59 Å². The molecule has 0 atom stereocenters. The Morgan fingerprint density at radius 3 is 1.39 bits per heavy atom. The Labute approximate surface area is 345 Å². The average Bonchev–Trinajstić information content (AvgIpc) is 3.72. The Hall–Kier alpha value is -3.25. The van der Waals surface area contributed by atoms with Crippen molar-refractivity contribution in [2.24, 2.45) is 16.2 Å². The summed E-state index contributed by atoms with van der Waals surface area (Å²) in [6.45, 7) is 27.7. The number of rotatable bonds is 2. The van der Waals surface area contributed by atoms with Gasteiger partial charge in [0.15, 0.2) is 0 Å². The minimum Gasteiger partial charge on any atom is -0.442 e. The van der Waals surface area contributed by atoms with E-state index >= 15 is 0 Å². The first kappa shape index (κ1) is 44.9. The van der Waals surface area contributed by atoms with Crippen LogP contribution in [0.5, 0.6) is 0 Å². The molecule has 0 N–H and O–H groups in total. The molecule has 0 radical (unpaired) electrons. The highest BCUT2D eigenvalue weighted by atomic mass is 79.9. The van der Waals surface area contributed by atoms with Gasteiger partial charge in [-0.05, 0) is 71.3 Å². The quantitative estimate of drug-likeness (QED) is 0.186. The highest BCUT2D eigenvalue weighted by molar-refractivity contribution is 9.10. The van der Waals surface area contributed by atoms with Crippen LogP contribution >= 0.6 is 15.9 Å². The summed E-state index contributed by atoms with van der Waals surface area (Å²) >= 11 is 3.37. The van der Waals surface area contributed by atoms with Gasteiger partial charge in [-0.2, -0.15) is 19.6 Å². The molecule has 0 spiro atoms. The van der Waals surface area contributed by atoms with Crippen LogP contribution < -0.4 is 5.46 Å². The van der Waals surface area contributed by atoms with Crippen molar-refractivity contribution in [3.05, 3.63) is 53.3 Å². The molecule has 0 aliphatic carbocycles. The first-order valence-corrected chi connectivity index (χ1v) is 20.0. The number of aromatic nitrogens is 4. The third-order valence-electron chi connectivity index (χ3n) is 8.55. The third-order valence-corrected chi connectivity index (χ3v) is 9.05. The zero-order valence-electron chi connectivity index (χ0n) is 35.3. The number of hydrogen-bond acceptors (Lipinski definition) is 12. The van der Waals surface area contributed by atoms with Gasteiger partial charge in [0.05, 0.1) is 23.4 Å². The number of ether oxygens (including phenoxy) is 2. The average molecular weight is 853 g/mol. The lowest BCUT2D eigenvalue weighted by Gasteiger charge is -2.38. The molecular formula is C39H56B3BrN4O10. The Bertz CT molecular complexity index is 1970. The molecule has 2 aromatic carbocycles. The maximum atomic E-state index is 12.2. The molecule has 0 amide bonds. The summed E-state index contributed by atoms with van der Waals surface area (Å²) in [5.74, 6) is 0. The second-order valence-corrected chi connectivity index (χ2v) is 19.9. The van der Waals surface area contributed by atoms with Crippen molar-refractivity contribution >= 4 is 76.5 Å². The van der Waals surface area contributed by atoms with E-state index in [1.54, 1.807) is 12.4 Å². The molecule has 14 nitrogen and oxygen atoms in total. The first-order chi connectivity index (χ1) is 26.4. The van der Waals surface area contributed by atoms with Gasteiger partial charge in [0.2, 0.25) is 0 Å². The third kappa shape index (κ3) is 12.9. The van der Waals surface area contributed by atoms with Gasteiger partial charge < -0.3 is 37.4 Å². The Balaban J connectivity index is 0.000000168. The molecule has 3 fully saturated rings. The predicted molar refractivity (Wildman–Crippen MR) is 224 cm³/mol. The van der Waals surface area contributed by atoms with E-state index in [-0.39, 0.29) is 37.4 Å². The topological polar surface area (TPSA) is 144 Å². The molecule has 0 bridgehead atoms. The maximum Gasteiger partial charge on any atom is 0.493 e. The highest BCUT2D eigenvalue weighted by Crippen LogP contribution is 2.27. The Morgan fingerprint density at radius 2 is 0.982 bits per heavy atom. The van der Waals surface area contributed by atoms with Crippen molar-refractivity contribution in [3.63, 3.8) is 0 Å². The van der Waals surface area contributed by atoms with Gasteiger partial charge in [0.1, 0.15) is 11.2 Å². The molecule has 0 saturated carbocycles. The Morgan fingerprint density at radius 1 is 0.614 bits per heavy atom. The van der Waals surface area contributed by atoms with Crippen LogP contribution in [0.25, 0.3) is 21.8 Å². The van der Waals surface area contributed by atoms with Crippen molar-refractivity contribution in [3.8, 4) is 0 Å². The first-order valence-electron chi connectivity index (χ1n) is 19.2. The van der Waals surface area contributed by atoms with Gasteiger partial charge >= 0.3 is 33.3 Å². The minimum atomic E-state index is -0.564. The second-order valence-electron chi connectivity index (χ2n) is 19.0. The standard InChI is InChI=1S/C17H23BN2O4.C12H13BrN2O2.C10H20B2O4/c1-16(2,3)24-15(21)20-14-7-6-13(8-12(14)9-19-20)18-22-10-17(4,5)11-23-18;1-12(2,3)17-11(16)15-10-5-4-9(13)6-8(10)7-14-15;1-9(2)5-13-11(14-6-9)12-15-7-10(3,4)8-16-12/h6-9H,10-11H2,1-5H3;4-7H,1-3H3;5-8H2,1-4H3. The summed E-state index contributed by atoms with van der Waals surface area (Å²) in [6, 6.07) is 11.3. The molecule has 5 heterocycles. The SMILES string of the molecule is CC(C)(C)OC(=O)n1ncc2cc(Br)ccc21.CC1(C)COB(B2OCC(C)(C)CO2)OC1.CC1(C)COB(c2ccc3c(cnn3C(=O)OC(C)(C)C)c2)OC1. The van der Waals surface area contributed by atoms with E-state index in [1.807, 2.05) is 77.9 Å². The molecule has 3 aliphatic rings. The lowest BCUT2D eigenvalue weighted by atomic mass is 9.47. The van der Waals surface area contributed by atoms with Crippen LogP contribution in [0.4, 0.5) is 9.59 Å². The molecule has 0 unspecified atom stereocenters. The van der Waals surface area contributed by atoms with Crippen LogP contribution in [0.1, 0.15) is 83.1 Å². The molecule has 7 rings (SSSR count). The fourth-order valence-electron chi connectivity index (χ4n) is 5.71. The largest absolute Gasteiger partial charge is 0.493 e. The number of carbonyl (C=O) groups excluding carboxylic acids is 2. The van der Waals surface area contributed by atoms with Crippen LogP contribution in [-0.4, -0.2) is 104 Å².